The molecule has 0 saturated carbocycles. The van der Waals surface area contributed by atoms with Crippen LogP contribution in [0.3, 0.4) is 0 Å². The van der Waals surface area contributed by atoms with Crippen molar-refractivity contribution in [3.8, 4) is 0 Å². The van der Waals surface area contributed by atoms with E-state index >= 15 is 0 Å². The Morgan fingerprint density at radius 2 is 2.25 bits per heavy atom. The summed E-state index contributed by atoms with van der Waals surface area (Å²) in [6, 6.07) is -0.573. The number of hydrogen-bond donors (Lipinski definition) is 1. The van der Waals surface area contributed by atoms with E-state index in [0.717, 1.165) is 0 Å². The fourth-order valence-corrected chi connectivity index (χ4v) is 2.75. The highest BCUT2D eigenvalue weighted by molar-refractivity contribution is 7.92. The van der Waals surface area contributed by atoms with E-state index in [-0.39, 0.29) is 12.4 Å². The number of aliphatic hydroxyl groups excluding tert-OH is 1. The maximum atomic E-state index is 11.0. The number of hydrogen-bond acceptors (Lipinski definition) is 4. The first-order valence-corrected chi connectivity index (χ1v) is 5.35. The molecule has 70 valence electrons. The largest absolute Gasteiger partial charge is 0.394 e. The molecule has 0 radical (unpaired) electrons. The summed E-state index contributed by atoms with van der Waals surface area (Å²) in [4.78, 5) is 12.3. The van der Waals surface area contributed by atoms with Crippen molar-refractivity contribution in [3.63, 3.8) is 0 Å². The van der Waals surface area contributed by atoms with Crippen LogP contribution in [0.2, 0.25) is 0 Å². The molecule has 1 saturated heterocycles. The summed E-state index contributed by atoms with van der Waals surface area (Å²) in [5.41, 5.74) is 0. The fourth-order valence-electron chi connectivity index (χ4n) is 1.13. The fraction of sp³-hybridized carbons (Fsp3) is 0.833. The predicted octanol–water partition coefficient (Wildman–Crippen LogP) is -1.77. The molecule has 0 bridgehead atoms. The third kappa shape index (κ3) is 1.75. The van der Waals surface area contributed by atoms with Gasteiger partial charge in [0.05, 0.1) is 18.4 Å². The highest BCUT2D eigenvalue weighted by Crippen LogP contribution is 2.09. The van der Waals surface area contributed by atoms with Gasteiger partial charge in [0.1, 0.15) is 5.75 Å². The topological polar surface area (TPSA) is 74.7 Å². The average Bonchev–Trinajstić information content (AvgIpc) is 1.96. The van der Waals surface area contributed by atoms with Gasteiger partial charge in [-0.2, -0.15) is 0 Å². The lowest BCUT2D eigenvalue weighted by molar-refractivity contribution is -0.130. The third-order valence-corrected chi connectivity index (χ3v) is 3.52. The first-order valence-electron chi connectivity index (χ1n) is 3.53. The van der Waals surface area contributed by atoms with E-state index in [2.05, 4.69) is 0 Å². The van der Waals surface area contributed by atoms with Gasteiger partial charge in [-0.15, -0.1) is 0 Å². The van der Waals surface area contributed by atoms with Crippen molar-refractivity contribution in [2.24, 2.45) is 0 Å². The molecular formula is C6H11NO4S. The molecule has 5 nitrogen and oxygen atoms in total. The van der Waals surface area contributed by atoms with Gasteiger partial charge in [0.2, 0.25) is 5.91 Å². The summed E-state index contributed by atoms with van der Waals surface area (Å²) in [6.07, 6.45) is 0. The van der Waals surface area contributed by atoms with Crippen LogP contribution in [0.15, 0.2) is 0 Å². The molecule has 0 aromatic rings. The van der Waals surface area contributed by atoms with Crippen LogP contribution in [-0.4, -0.2) is 55.5 Å². The second kappa shape index (κ2) is 3.02. The molecule has 0 spiro atoms. The first-order chi connectivity index (χ1) is 5.46. The number of carbonyl (C=O) groups is 1. The monoisotopic (exact) mass is 193 g/mol. The van der Waals surface area contributed by atoms with Crippen molar-refractivity contribution in [3.05, 3.63) is 0 Å². The Kier molecular flexibility index (Phi) is 2.39. The van der Waals surface area contributed by atoms with Gasteiger partial charge in [0.15, 0.2) is 9.84 Å². The minimum absolute atomic E-state index is 0.133. The molecular weight excluding hydrogens is 182 g/mol. The van der Waals surface area contributed by atoms with Gasteiger partial charge in [0, 0.05) is 7.05 Å². The van der Waals surface area contributed by atoms with Crippen molar-refractivity contribution >= 4 is 15.7 Å². The van der Waals surface area contributed by atoms with Crippen molar-refractivity contribution in [1.82, 2.24) is 4.90 Å². The summed E-state index contributed by atoms with van der Waals surface area (Å²) >= 11 is 0. The second-order valence-electron chi connectivity index (χ2n) is 2.90. The van der Waals surface area contributed by atoms with Crippen LogP contribution in [0.25, 0.3) is 0 Å². The quantitative estimate of drug-likeness (QED) is 0.535. The van der Waals surface area contributed by atoms with Gasteiger partial charge < -0.3 is 10.0 Å². The molecule has 0 aromatic heterocycles. The predicted molar refractivity (Wildman–Crippen MR) is 42.3 cm³/mol. The molecule has 1 aliphatic rings. The molecule has 1 aliphatic heterocycles. The molecule has 1 N–H and O–H groups in total. The lowest BCUT2D eigenvalue weighted by Crippen LogP contribution is -2.51. The molecule has 1 atom stereocenters. The van der Waals surface area contributed by atoms with Gasteiger partial charge in [-0.1, -0.05) is 0 Å². The first kappa shape index (κ1) is 9.47. The number of likely N-dealkylation sites (N-methyl/N-ethyl adjacent to an activating group) is 1. The highest BCUT2D eigenvalue weighted by Gasteiger charge is 2.33. The van der Waals surface area contributed by atoms with Gasteiger partial charge in [-0.05, 0) is 0 Å². The second-order valence-corrected chi connectivity index (χ2v) is 5.00. The van der Waals surface area contributed by atoms with Gasteiger partial charge in [-0.3, -0.25) is 4.79 Å². The van der Waals surface area contributed by atoms with Crippen LogP contribution in [0.1, 0.15) is 0 Å². The zero-order valence-corrected chi connectivity index (χ0v) is 7.54. The normalized spacial score (nSPS) is 29.0. The zero-order chi connectivity index (χ0) is 9.35. The molecule has 1 fully saturated rings. The Hall–Kier alpha value is -0.620. The number of aliphatic hydroxyl groups is 1. The van der Waals surface area contributed by atoms with Crippen molar-refractivity contribution in [2.75, 3.05) is 25.2 Å². The highest BCUT2D eigenvalue weighted by atomic mass is 32.2. The van der Waals surface area contributed by atoms with Crippen LogP contribution in [-0.2, 0) is 14.6 Å². The Morgan fingerprint density at radius 3 is 2.75 bits per heavy atom. The van der Waals surface area contributed by atoms with Gasteiger partial charge >= 0.3 is 0 Å². The molecule has 1 heterocycles. The van der Waals surface area contributed by atoms with E-state index in [0.29, 0.717) is 0 Å². The molecule has 0 aliphatic carbocycles. The summed E-state index contributed by atoms with van der Waals surface area (Å²) in [6.45, 7) is -0.304. The van der Waals surface area contributed by atoms with E-state index in [4.69, 9.17) is 5.11 Å². The maximum Gasteiger partial charge on any atom is 0.237 e. The van der Waals surface area contributed by atoms with Crippen molar-refractivity contribution in [2.45, 2.75) is 6.04 Å². The lowest BCUT2D eigenvalue weighted by atomic mass is 10.3. The summed E-state index contributed by atoms with van der Waals surface area (Å²) in [5, 5.41) is 8.75. The molecule has 1 unspecified atom stereocenters. The number of carbonyl (C=O) groups excluding carboxylic acids is 1. The molecule has 1 rings (SSSR count). The Morgan fingerprint density at radius 1 is 1.67 bits per heavy atom. The van der Waals surface area contributed by atoms with Crippen LogP contribution in [0.5, 0.6) is 0 Å². The lowest BCUT2D eigenvalue weighted by Gasteiger charge is -2.30. The Balaban J connectivity index is 2.86. The van der Waals surface area contributed by atoms with E-state index in [1.54, 1.807) is 0 Å². The van der Waals surface area contributed by atoms with Crippen LogP contribution < -0.4 is 0 Å². The molecule has 12 heavy (non-hydrogen) atoms. The van der Waals surface area contributed by atoms with Crippen molar-refractivity contribution in [1.29, 1.82) is 0 Å². The SMILES string of the molecule is CN1C(=O)CS(=O)(=O)CC1CO. The summed E-state index contributed by atoms with van der Waals surface area (Å²) in [7, 11) is -1.78. The number of rotatable bonds is 1. The summed E-state index contributed by atoms with van der Waals surface area (Å²) < 4.78 is 22.0. The number of amides is 1. The third-order valence-electron chi connectivity index (χ3n) is 1.94. The summed E-state index contributed by atoms with van der Waals surface area (Å²) in [5.74, 6) is -1.01. The standard InChI is InChI=1S/C6H11NO4S/c1-7-5(2-8)3-12(10,11)4-6(7)9/h5,8H,2-4H2,1H3. The van der Waals surface area contributed by atoms with Crippen molar-refractivity contribution < 1.29 is 18.3 Å². The van der Waals surface area contributed by atoms with E-state index in [1.807, 2.05) is 0 Å². The molecule has 1 amide bonds. The average molecular weight is 193 g/mol. The van der Waals surface area contributed by atoms with Crippen LogP contribution in [0, 0.1) is 0 Å². The van der Waals surface area contributed by atoms with E-state index < -0.39 is 27.5 Å². The smallest absolute Gasteiger partial charge is 0.237 e. The molecule has 0 aromatic carbocycles. The van der Waals surface area contributed by atoms with Crippen LogP contribution in [0.4, 0.5) is 0 Å². The van der Waals surface area contributed by atoms with Gasteiger partial charge in [-0.25, -0.2) is 8.42 Å². The minimum atomic E-state index is -3.28. The van der Waals surface area contributed by atoms with Gasteiger partial charge in [0.25, 0.3) is 0 Å². The Labute approximate surface area is 70.9 Å². The zero-order valence-electron chi connectivity index (χ0n) is 6.73. The van der Waals surface area contributed by atoms with E-state index in [1.165, 1.54) is 11.9 Å². The number of sulfone groups is 1. The number of nitrogens with zero attached hydrogens (tertiary/aromatic N) is 1. The maximum absolute atomic E-state index is 11.0. The molecule has 6 heteroatoms. The van der Waals surface area contributed by atoms with Crippen LogP contribution >= 0.6 is 0 Å². The van der Waals surface area contributed by atoms with E-state index in [9.17, 15) is 13.2 Å². The Bertz CT molecular complexity index is 284. The minimum Gasteiger partial charge on any atom is -0.394 e.